The summed E-state index contributed by atoms with van der Waals surface area (Å²) in [5, 5.41) is 7.28. The van der Waals surface area contributed by atoms with E-state index in [1.54, 1.807) is 6.92 Å². The third kappa shape index (κ3) is 3.06. The van der Waals surface area contributed by atoms with Crippen LogP contribution in [0.5, 0.6) is 0 Å². The van der Waals surface area contributed by atoms with E-state index in [2.05, 4.69) is 56.2 Å². The lowest BCUT2D eigenvalue weighted by atomic mass is 9.89. The summed E-state index contributed by atoms with van der Waals surface area (Å²) in [6.07, 6.45) is 0.853. The first kappa shape index (κ1) is 16.3. The highest BCUT2D eigenvalue weighted by molar-refractivity contribution is 5.74. The molecule has 0 unspecified atom stereocenters. The zero-order valence-corrected chi connectivity index (χ0v) is 14.9. The summed E-state index contributed by atoms with van der Waals surface area (Å²) in [7, 11) is 0. The van der Waals surface area contributed by atoms with Gasteiger partial charge >= 0.3 is 0 Å². The fourth-order valence-corrected chi connectivity index (χ4v) is 4.44. The van der Waals surface area contributed by atoms with Crippen molar-refractivity contribution in [3.05, 3.63) is 47.5 Å². The van der Waals surface area contributed by atoms with Crippen LogP contribution in [0.2, 0.25) is 0 Å². The number of carbonyl (C=O) groups is 1. The summed E-state index contributed by atoms with van der Waals surface area (Å²) in [5.41, 5.74) is 1.25. The molecule has 0 saturated carbocycles. The lowest BCUT2D eigenvalue weighted by molar-refractivity contribution is -0.130. The Labute approximate surface area is 148 Å². The molecule has 3 atom stereocenters. The Morgan fingerprint density at radius 1 is 1.24 bits per heavy atom. The van der Waals surface area contributed by atoms with Gasteiger partial charge in [-0.2, -0.15) is 5.10 Å². The van der Waals surface area contributed by atoms with E-state index in [1.165, 1.54) is 5.56 Å². The molecule has 0 radical (unpaired) electrons. The number of aryl methyl sites for hydroxylation is 1. The highest BCUT2D eigenvalue weighted by Gasteiger charge is 2.48. The number of hydrogen-bond donors (Lipinski definition) is 1. The van der Waals surface area contributed by atoms with Gasteiger partial charge in [0.2, 0.25) is 5.91 Å². The fourth-order valence-electron chi connectivity index (χ4n) is 4.44. The largest absolute Gasteiger partial charge is 0.335 e. The van der Waals surface area contributed by atoms with E-state index in [4.69, 9.17) is 0 Å². The van der Waals surface area contributed by atoms with Gasteiger partial charge in [-0.1, -0.05) is 37.3 Å². The Kier molecular flexibility index (Phi) is 4.29. The first-order valence-electron chi connectivity index (χ1n) is 9.10. The van der Waals surface area contributed by atoms with Crippen molar-refractivity contribution in [1.29, 1.82) is 0 Å². The molecule has 1 aromatic carbocycles. The van der Waals surface area contributed by atoms with Crippen molar-refractivity contribution in [2.45, 2.75) is 32.9 Å². The van der Waals surface area contributed by atoms with Gasteiger partial charge in [0.25, 0.3) is 0 Å². The van der Waals surface area contributed by atoms with Gasteiger partial charge in [-0.15, -0.1) is 0 Å². The molecular formula is C19H25N5O. The molecule has 2 aliphatic heterocycles. The monoisotopic (exact) mass is 339 g/mol. The number of carbonyl (C=O) groups excluding carboxylic acids is 1. The summed E-state index contributed by atoms with van der Waals surface area (Å²) >= 11 is 0. The first-order valence-corrected chi connectivity index (χ1v) is 9.10. The van der Waals surface area contributed by atoms with Gasteiger partial charge in [0.15, 0.2) is 0 Å². The first-order chi connectivity index (χ1) is 12.2. The number of H-pyrrole nitrogens is 1. The molecule has 132 valence electrons. The quantitative estimate of drug-likeness (QED) is 0.925. The maximum atomic E-state index is 12.2. The van der Waals surface area contributed by atoms with Crippen LogP contribution in [0.3, 0.4) is 0 Å². The molecule has 1 amide bonds. The van der Waals surface area contributed by atoms with Gasteiger partial charge in [0, 0.05) is 38.9 Å². The zero-order chi connectivity index (χ0) is 17.4. The molecule has 1 aromatic heterocycles. The van der Waals surface area contributed by atoms with E-state index in [0.29, 0.717) is 11.8 Å². The van der Waals surface area contributed by atoms with Crippen LogP contribution in [0, 0.1) is 11.8 Å². The molecule has 2 saturated heterocycles. The normalized spacial score (nSPS) is 26.2. The lowest BCUT2D eigenvalue weighted by Gasteiger charge is -2.29. The van der Waals surface area contributed by atoms with Crippen molar-refractivity contribution in [3.63, 3.8) is 0 Å². The third-order valence-electron chi connectivity index (χ3n) is 5.55. The Morgan fingerprint density at radius 3 is 2.72 bits per heavy atom. The molecule has 6 nitrogen and oxygen atoms in total. The minimum absolute atomic E-state index is 0.178. The number of benzene rings is 1. The summed E-state index contributed by atoms with van der Waals surface area (Å²) in [4.78, 5) is 21.2. The number of aromatic nitrogens is 3. The molecule has 6 heteroatoms. The van der Waals surface area contributed by atoms with Crippen molar-refractivity contribution in [2.24, 2.45) is 11.8 Å². The molecule has 3 heterocycles. The molecule has 25 heavy (non-hydrogen) atoms. The van der Waals surface area contributed by atoms with E-state index < -0.39 is 0 Å². The fraction of sp³-hybridized carbons (Fsp3) is 0.526. The number of nitrogens with zero attached hydrogens (tertiary/aromatic N) is 4. The van der Waals surface area contributed by atoms with Gasteiger partial charge in [0.05, 0.1) is 12.6 Å². The summed E-state index contributed by atoms with van der Waals surface area (Å²) < 4.78 is 0. The number of nitrogens with one attached hydrogen (secondary N) is 1. The Balaban J connectivity index is 1.51. The number of aromatic amines is 1. The van der Waals surface area contributed by atoms with Crippen LogP contribution < -0.4 is 0 Å². The molecule has 2 aliphatic rings. The minimum Gasteiger partial charge on any atom is -0.335 e. The van der Waals surface area contributed by atoms with Crippen molar-refractivity contribution in [1.82, 2.24) is 25.0 Å². The van der Waals surface area contributed by atoms with Crippen molar-refractivity contribution < 1.29 is 4.79 Å². The number of amides is 1. The highest BCUT2D eigenvalue weighted by Crippen LogP contribution is 2.45. The molecule has 4 rings (SSSR count). The van der Waals surface area contributed by atoms with Crippen molar-refractivity contribution in [3.8, 4) is 0 Å². The molecule has 0 bridgehead atoms. The zero-order valence-electron chi connectivity index (χ0n) is 14.9. The lowest BCUT2D eigenvalue weighted by Crippen LogP contribution is -2.34. The molecular weight excluding hydrogens is 314 g/mol. The maximum Gasteiger partial charge on any atom is 0.219 e. The highest BCUT2D eigenvalue weighted by atomic mass is 16.2. The number of likely N-dealkylation sites (tertiary alicyclic amines) is 2. The van der Waals surface area contributed by atoms with Gasteiger partial charge in [-0.3, -0.25) is 14.8 Å². The molecule has 2 aromatic rings. The van der Waals surface area contributed by atoms with Gasteiger partial charge in [-0.05, 0) is 11.5 Å². The van der Waals surface area contributed by atoms with Gasteiger partial charge in [0.1, 0.15) is 11.6 Å². The van der Waals surface area contributed by atoms with Crippen LogP contribution in [-0.4, -0.2) is 50.5 Å². The predicted molar refractivity (Wildman–Crippen MR) is 94.6 cm³/mol. The van der Waals surface area contributed by atoms with E-state index in [1.807, 2.05) is 6.07 Å². The van der Waals surface area contributed by atoms with Crippen LogP contribution in [-0.2, 0) is 17.8 Å². The summed E-state index contributed by atoms with van der Waals surface area (Å²) in [6.45, 7) is 7.42. The summed E-state index contributed by atoms with van der Waals surface area (Å²) in [6, 6.07) is 10.6. The number of rotatable bonds is 4. The minimum atomic E-state index is 0.178. The molecule has 1 N–H and O–H groups in total. The molecule has 0 aliphatic carbocycles. The Hall–Kier alpha value is -2.21. The van der Waals surface area contributed by atoms with Gasteiger partial charge < -0.3 is 4.90 Å². The molecule has 0 spiro atoms. The topological polar surface area (TPSA) is 65.1 Å². The Bertz CT molecular complexity index is 743. The number of hydrogen-bond acceptors (Lipinski definition) is 4. The van der Waals surface area contributed by atoms with Crippen molar-refractivity contribution in [2.75, 3.05) is 19.6 Å². The third-order valence-corrected chi connectivity index (χ3v) is 5.55. The SMILES string of the molecule is CCc1n[nH]c(CN2C[C@@H]3CN(C(C)=O)[C@H](c4ccccc4)[C@@H]3C2)n1. The summed E-state index contributed by atoms with van der Waals surface area (Å²) in [5.74, 6) is 3.01. The second-order valence-corrected chi connectivity index (χ2v) is 7.20. The van der Waals surface area contributed by atoms with E-state index in [9.17, 15) is 4.79 Å². The van der Waals surface area contributed by atoms with Crippen LogP contribution in [0.25, 0.3) is 0 Å². The second-order valence-electron chi connectivity index (χ2n) is 7.20. The van der Waals surface area contributed by atoms with Crippen molar-refractivity contribution >= 4 is 5.91 Å². The standard InChI is InChI=1S/C19H25N5O/c1-3-17-20-18(22-21-17)12-23-9-15-10-24(13(2)25)19(16(15)11-23)14-7-5-4-6-8-14/h4-8,15-16,19H,3,9-12H2,1-2H3,(H,20,21,22)/t15-,16-,19-/m1/s1. The maximum absolute atomic E-state index is 12.2. The average molecular weight is 339 g/mol. The molecule has 2 fully saturated rings. The second kappa shape index (κ2) is 6.59. The predicted octanol–water partition coefficient (Wildman–Crippen LogP) is 2.02. The Morgan fingerprint density at radius 2 is 2.04 bits per heavy atom. The van der Waals surface area contributed by atoms with Crippen LogP contribution in [0.4, 0.5) is 0 Å². The van der Waals surface area contributed by atoms with E-state index in [-0.39, 0.29) is 11.9 Å². The number of fused-ring (bicyclic) bond motifs is 1. The van der Waals surface area contributed by atoms with Crippen LogP contribution in [0.15, 0.2) is 30.3 Å². The smallest absolute Gasteiger partial charge is 0.219 e. The average Bonchev–Trinajstić information content (AvgIpc) is 3.29. The van der Waals surface area contributed by atoms with Gasteiger partial charge in [-0.25, -0.2) is 4.98 Å². The van der Waals surface area contributed by atoms with Crippen LogP contribution >= 0.6 is 0 Å². The van der Waals surface area contributed by atoms with E-state index in [0.717, 1.165) is 44.2 Å². The van der Waals surface area contributed by atoms with Crippen LogP contribution in [0.1, 0.15) is 37.1 Å². The van der Waals surface area contributed by atoms with E-state index >= 15 is 0 Å².